The highest BCUT2D eigenvalue weighted by Crippen LogP contribution is 2.25. The Balaban J connectivity index is 2.39. The number of aryl methyl sites for hydroxylation is 1. The van der Waals surface area contributed by atoms with E-state index >= 15 is 0 Å². The van der Waals surface area contributed by atoms with Crippen molar-refractivity contribution in [2.45, 2.75) is 13.5 Å². The average Bonchev–Trinajstić information content (AvgIpc) is 2.71. The van der Waals surface area contributed by atoms with Crippen molar-refractivity contribution in [3.8, 4) is 11.5 Å². The number of aromatic nitrogens is 2. The van der Waals surface area contributed by atoms with Crippen LogP contribution in [0.3, 0.4) is 0 Å². The second-order valence-electron chi connectivity index (χ2n) is 3.48. The summed E-state index contributed by atoms with van der Waals surface area (Å²) in [6.45, 7) is 2.68. The second-order valence-corrected chi connectivity index (χ2v) is 4.56. The minimum Gasteiger partial charge on any atom is -0.334 e. The van der Waals surface area contributed by atoms with Crippen molar-refractivity contribution in [1.29, 1.82) is 0 Å². The van der Waals surface area contributed by atoms with Crippen LogP contribution >= 0.6 is 22.6 Å². The fourth-order valence-corrected chi connectivity index (χ4v) is 2.00. The standard InChI is InChI=1S/C11H12IN3O/c1-7-4-3-5-8(10(7)12)11-14-9(6-13-2)15-16-11/h3-5,13H,6H2,1-2H3. The van der Waals surface area contributed by atoms with Gasteiger partial charge in [0, 0.05) is 3.57 Å². The lowest BCUT2D eigenvalue weighted by Crippen LogP contribution is -2.06. The summed E-state index contributed by atoms with van der Waals surface area (Å²) >= 11 is 2.30. The maximum Gasteiger partial charge on any atom is 0.259 e. The number of rotatable bonds is 3. The zero-order valence-electron chi connectivity index (χ0n) is 9.12. The molecule has 1 N–H and O–H groups in total. The maximum absolute atomic E-state index is 5.23. The number of hydrogen-bond acceptors (Lipinski definition) is 4. The average molecular weight is 329 g/mol. The van der Waals surface area contributed by atoms with Gasteiger partial charge in [0.25, 0.3) is 5.89 Å². The van der Waals surface area contributed by atoms with E-state index in [2.05, 4.69) is 51.0 Å². The molecule has 0 amide bonds. The summed E-state index contributed by atoms with van der Waals surface area (Å²) in [6, 6.07) is 6.05. The van der Waals surface area contributed by atoms with Gasteiger partial charge < -0.3 is 9.84 Å². The molecule has 0 aliphatic heterocycles. The fraction of sp³-hybridized carbons (Fsp3) is 0.273. The van der Waals surface area contributed by atoms with Crippen molar-refractivity contribution in [3.05, 3.63) is 33.2 Å². The van der Waals surface area contributed by atoms with Gasteiger partial charge in [0.2, 0.25) is 0 Å². The highest BCUT2D eigenvalue weighted by molar-refractivity contribution is 14.1. The molecule has 4 nitrogen and oxygen atoms in total. The van der Waals surface area contributed by atoms with Gasteiger partial charge in [-0.05, 0) is 48.2 Å². The molecule has 0 bridgehead atoms. The third-order valence-electron chi connectivity index (χ3n) is 2.23. The summed E-state index contributed by atoms with van der Waals surface area (Å²) in [5.74, 6) is 1.26. The first-order chi connectivity index (χ1) is 7.72. The van der Waals surface area contributed by atoms with E-state index in [9.17, 15) is 0 Å². The van der Waals surface area contributed by atoms with Crippen molar-refractivity contribution in [2.75, 3.05) is 7.05 Å². The van der Waals surface area contributed by atoms with E-state index in [1.807, 2.05) is 19.2 Å². The molecule has 2 rings (SSSR count). The summed E-state index contributed by atoms with van der Waals surface area (Å²) in [5.41, 5.74) is 2.21. The Morgan fingerprint density at radius 2 is 2.25 bits per heavy atom. The van der Waals surface area contributed by atoms with Gasteiger partial charge in [0.1, 0.15) is 0 Å². The molecule has 1 heterocycles. The van der Waals surface area contributed by atoms with Gasteiger partial charge in [0.15, 0.2) is 5.82 Å². The van der Waals surface area contributed by atoms with E-state index < -0.39 is 0 Å². The predicted octanol–water partition coefficient (Wildman–Crippen LogP) is 2.37. The van der Waals surface area contributed by atoms with E-state index in [1.165, 1.54) is 5.56 Å². The largest absolute Gasteiger partial charge is 0.334 e. The van der Waals surface area contributed by atoms with Crippen LogP contribution < -0.4 is 5.32 Å². The van der Waals surface area contributed by atoms with Gasteiger partial charge in [-0.3, -0.25) is 0 Å². The molecule has 0 unspecified atom stereocenters. The molecule has 0 aliphatic rings. The smallest absolute Gasteiger partial charge is 0.259 e. The number of benzene rings is 1. The monoisotopic (exact) mass is 329 g/mol. The zero-order valence-corrected chi connectivity index (χ0v) is 11.3. The van der Waals surface area contributed by atoms with Crippen LogP contribution in [-0.4, -0.2) is 17.2 Å². The van der Waals surface area contributed by atoms with Crippen molar-refractivity contribution in [2.24, 2.45) is 0 Å². The van der Waals surface area contributed by atoms with E-state index in [4.69, 9.17) is 4.52 Å². The van der Waals surface area contributed by atoms with Crippen molar-refractivity contribution >= 4 is 22.6 Å². The fourth-order valence-electron chi connectivity index (χ4n) is 1.41. The molecule has 0 saturated carbocycles. The Morgan fingerprint density at radius 1 is 1.44 bits per heavy atom. The number of hydrogen-bond donors (Lipinski definition) is 1. The number of halogens is 1. The predicted molar refractivity (Wildman–Crippen MR) is 70.0 cm³/mol. The Bertz CT molecular complexity index is 496. The SMILES string of the molecule is CNCc1noc(-c2cccc(C)c2I)n1. The van der Waals surface area contributed by atoms with Gasteiger partial charge in [-0.2, -0.15) is 4.98 Å². The Morgan fingerprint density at radius 3 is 3.00 bits per heavy atom. The normalized spacial score (nSPS) is 10.7. The lowest BCUT2D eigenvalue weighted by Gasteiger charge is -2.01. The molecule has 0 fully saturated rings. The van der Waals surface area contributed by atoms with Crippen LogP contribution in [0.15, 0.2) is 22.7 Å². The van der Waals surface area contributed by atoms with E-state index in [-0.39, 0.29) is 0 Å². The molecule has 16 heavy (non-hydrogen) atoms. The first kappa shape index (κ1) is 11.5. The lowest BCUT2D eigenvalue weighted by atomic mass is 10.1. The summed E-state index contributed by atoms with van der Waals surface area (Å²) in [7, 11) is 1.85. The highest BCUT2D eigenvalue weighted by atomic mass is 127. The molecule has 1 aromatic heterocycles. The van der Waals surface area contributed by atoms with Gasteiger partial charge in [-0.15, -0.1) is 0 Å². The first-order valence-electron chi connectivity index (χ1n) is 4.95. The lowest BCUT2D eigenvalue weighted by molar-refractivity contribution is 0.420. The molecule has 0 saturated heterocycles. The Hall–Kier alpha value is -0.950. The molecular weight excluding hydrogens is 317 g/mol. The quantitative estimate of drug-likeness (QED) is 0.879. The first-order valence-corrected chi connectivity index (χ1v) is 6.03. The minimum absolute atomic E-state index is 0.582. The van der Waals surface area contributed by atoms with Gasteiger partial charge in [0.05, 0.1) is 12.1 Å². The number of nitrogens with zero attached hydrogens (tertiary/aromatic N) is 2. The summed E-state index contributed by atoms with van der Waals surface area (Å²) < 4.78 is 6.39. The number of nitrogens with one attached hydrogen (secondary N) is 1. The van der Waals surface area contributed by atoms with E-state index in [1.54, 1.807) is 0 Å². The van der Waals surface area contributed by atoms with Crippen molar-refractivity contribution < 1.29 is 4.52 Å². The third kappa shape index (κ3) is 2.25. The van der Waals surface area contributed by atoms with Gasteiger partial charge >= 0.3 is 0 Å². The molecule has 0 radical (unpaired) electrons. The van der Waals surface area contributed by atoms with Crippen LogP contribution in [0.2, 0.25) is 0 Å². The second kappa shape index (κ2) is 4.92. The van der Waals surface area contributed by atoms with E-state index in [0.29, 0.717) is 18.3 Å². The molecule has 0 aliphatic carbocycles. The molecule has 0 atom stereocenters. The minimum atomic E-state index is 0.582. The third-order valence-corrected chi connectivity index (χ3v) is 3.66. The molecule has 2 aromatic rings. The van der Waals surface area contributed by atoms with Crippen LogP contribution in [-0.2, 0) is 6.54 Å². The molecule has 1 aromatic carbocycles. The van der Waals surface area contributed by atoms with Crippen LogP contribution in [0.5, 0.6) is 0 Å². The maximum atomic E-state index is 5.23. The van der Waals surface area contributed by atoms with Gasteiger partial charge in [-0.25, -0.2) is 0 Å². The van der Waals surface area contributed by atoms with E-state index in [0.717, 1.165) is 9.13 Å². The Labute approximate surface area is 108 Å². The van der Waals surface area contributed by atoms with Crippen LogP contribution in [0.25, 0.3) is 11.5 Å². The van der Waals surface area contributed by atoms with Crippen LogP contribution in [0.1, 0.15) is 11.4 Å². The highest BCUT2D eigenvalue weighted by Gasteiger charge is 2.12. The molecule has 84 valence electrons. The summed E-state index contributed by atoms with van der Waals surface area (Å²) in [6.07, 6.45) is 0. The van der Waals surface area contributed by atoms with Crippen molar-refractivity contribution in [1.82, 2.24) is 15.5 Å². The van der Waals surface area contributed by atoms with Gasteiger partial charge in [-0.1, -0.05) is 17.3 Å². The van der Waals surface area contributed by atoms with Crippen LogP contribution in [0.4, 0.5) is 0 Å². The molecule has 0 spiro atoms. The van der Waals surface area contributed by atoms with Crippen LogP contribution in [0, 0.1) is 10.5 Å². The summed E-state index contributed by atoms with van der Waals surface area (Å²) in [4.78, 5) is 4.33. The van der Waals surface area contributed by atoms with Crippen molar-refractivity contribution in [3.63, 3.8) is 0 Å². The Kier molecular flexibility index (Phi) is 3.55. The summed E-state index contributed by atoms with van der Waals surface area (Å²) in [5, 5.41) is 6.89. The zero-order chi connectivity index (χ0) is 11.5. The topological polar surface area (TPSA) is 51.0 Å². The molecule has 5 heteroatoms. The molecular formula is C11H12IN3O.